The monoisotopic (exact) mass is 609 g/mol. The van der Waals surface area contributed by atoms with Crippen molar-refractivity contribution < 1.29 is 33.9 Å². The average Bonchev–Trinajstić information content (AvgIpc) is 3.61. The molecule has 0 spiro atoms. The number of fused-ring (bicyclic) bond motifs is 2. The highest BCUT2D eigenvalue weighted by Crippen LogP contribution is 2.26. The summed E-state index contributed by atoms with van der Waals surface area (Å²) in [6.07, 6.45) is 1.95. The van der Waals surface area contributed by atoms with Crippen LogP contribution in [0.3, 0.4) is 0 Å². The van der Waals surface area contributed by atoms with E-state index in [9.17, 15) is 33.9 Å². The predicted octanol–water partition coefficient (Wildman–Crippen LogP) is 1.92. The Bertz CT molecular complexity index is 1420. The number of H-pyrrole nitrogens is 1. The number of amides is 4. The van der Waals surface area contributed by atoms with Crippen LogP contribution in [-0.4, -0.2) is 81.1 Å². The van der Waals surface area contributed by atoms with Gasteiger partial charge in [0.25, 0.3) is 0 Å². The van der Waals surface area contributed by atoms with Crippen LogP contribution in [0.2, 0.25) is 0 Å². The number of Topliss-reactive ketones (excluding diaryl/α,β-unsaturated/α-hetero) is 1. The SMILES string of the molecule is CC(C)C[C@@H]1NC(=O)[C@@H](C(C)C)NC(=O)[C@@H]2CCCN2C(=O)[C@H](CC(=O)O)CC(=O)[C@@H](Cc2c[nH]c3ccccc23)NC1=O. The second-order valence-electron chi connectivity index (χ2n) is 12.7. The summed E-state index contributed by atoms with van der Waals surface area (Å²) in [7, 11) is 0. The van der Waals surface area contributed by atoms with Crippen LogP contribution in [-0.2, 0) is 35.2 Å². The van der Waals surface area contributed by atoms with E-state index < -0.39 is 78.3 Å². The summed E-state index contributed by atoms with van der Waals surface area (Å²) in [5.41, 5.74) is 1.61. The van der Waals surface area contributed by atoms with Gasteiger partial charge in [0.15, 0.2) is 5.78 Å². The molecule has 0 radical (unpaired) electrons. The molecule has 2 aliphatic heterocycles. The van der Waals surface area contributed by atoms with Gasteiger partial charge in [0.2, 0.25) is 23.6 Å². The Hall–Kier alpha value is -4.22. The molecule has 2 saturated heterocycles. The number of aromatic amines is 1. The lowest BCUT2D eigenvalue weighted by Gasteiger charge is -2.30. The van der Waals surface area contributed by atoms with Gasteiger partial charge in [-0.2, -0.15) is 0 Å². The Kier molecular flexibility index (Phi) is 10.4. The summed E-state index contributed by atoms with van der Waals surface area (Å²) in [6.45, 7) is 7.58. The highest BCUT2D eigenvalue weighted by molar-refractivity contribution is 5.99. The van der Waals surface area contributed by atoms with E-state index in [1.807, 2.05) is 38.1 Å². The Balaban J connectivity index is 1.76. The first-order chi connectivity index (χ1) is 20.8. The van der Waals surface area contributed by atoms with Crippen molar-refractivity contribution in [3.05, 3.63) is 36.0 Å². The lowest BCUT2D eigenvalue weighted by Crippen LogP contribution is -2.58. The van der Waals surface area contributed by atoms with Crippen molar-refractivity contribution in [2.75, 3.05) is 6.54 Å². The van der Waals surface area contributed by atoms with Crippen molar-refractivity contribution in [1.29, 1.82) is 0 Å². The second kappa shape index (κ2) is 14.0. The minimum absolute atomic E-state index is 0.00705. The van der Waals surface area contributed by atoms with Crippen LogP contribution in [0, 0.1) is 17.8 Å². The zero-order chi connectivity index (χ0) is 32.1. The first kappa shape index (κ1) is 32.7. The Morgan fingerprint density at radius 3 is 2.34 bits per heavy atom. The standard InChI is InChI=1S/C32H43N5O7/c1-17(2)12-24-29(41)34-23(13-20-16-33-22-9-6-5-8-21(20)22)26(38)14-19(15-27(39)40)32(44)37-11-7-10-25(37)30(42)36-28(18(3)4)31(43)35-24/h5-6,8-9,16-19,23-25,28,33H,7,10-15H2,1-4H3,(H,34,41)(H,35,43)(H,36,42)(H,39,40)/t19-,23+,24-,25-,28+/m0/s1. The van der Waals surface area contributed by atoms with Gasteiger partial charge in [-0.1, -0.05) is 45.9 Å². The first-order valence-corrected chi connectivity index (χ1v) is 15.4. The fourth-order valence-electron chi connectivity index (χ4n) is 6.17. The molecule has 1 aromatic carbocycles. The van der Waals surface area contributed by atoms with Gasteiger partial charge in [-0.15, -0.1) is 0 Å². The number of hydrogen-bond acceptors (Lipinski definition) is 6. The maximum atomic E-state index is 13.9. The van der Waals surface area contributed by atoms with Crippen LogP contribution >= 0.6 is 0 Å². The number of carboxylic acid groups (broad SMARTS) is 1. The smallest absolute Gasteiger partial charge is 0.304 e. The number of para-hydroxylation sites is 1. The summed E-state index contributed by atoms with van der Waals surface area (Å²) < 4.78 is 0. The molecule has 44 heavy (non-hydrogen) atoms. The van der Waals surface area contributed by atoms with Gasteiger partial charge >= 0.3 is 5.97 Å². The number of nitrogens with zero attached hydrogens (tertiary/aromatic N) is 1. The van der Waals surface area contributed by atoms with E-state index in [0.29, 0.717) is 12.8 Å². The van der Waals surface area contributed by atoms with E-state index in [0.717, 1.165) is 16.5 Å². The lowest BCUT2D eigenvalue weighted by atomic mass is 9.91. The third-order valence-corrected chi connectivity index (χ3v) is 8.45. The van der Waals surface area contributed by atoms with Crippen LogP contribution < -0.4 is 16.0 Å². The third kappa shape index (κ3) is 7.64. The number of carbonyl (C=O) groups is 6. The van der Waals surface area contributed by atoms with Gasteiger partial charge in [-0.3, -0.25) is 28.8 Å². The summed E-state index contributed by atoms with van der Waals surface area (Å²) in [4.78, 5) is 84.8. The second-order valence-corrected chi connectivity index (χ2v) is 12.7. The number of carbonyl (C=O) groups excluding carboxylic acids is 5. The van der Waals surface area contributed by atoms with Crippen molar-refractivity contribution in [2.24, 2.45) is 17.8 Å². The minimum atomic E-state index is -1.25. The number of ketones is 1. The molecular weight excluding hydrogens is 566 g/mol. The zero-order valence-electron chi connectivity index (χ0n) is 25.7. The number of rotatable bonds is 7. The molecule has 5 N–H and O–H groups in total. The normalized spacial score (nSPS) is 25.8. The molecule has 0 aliphatic carbocycles. The largest absolute Gasteiger partial charge is 0.481 e. The number of nitrogens with one attached hydrogen (secondary N) is 4. The number of hydrogen-bond donors (Lipinski definition) is 5. The molecule has 12 nitrogen and oxygen atoms in total. The van der Waals surface area contributed by atoms with Crippen molar-refractivity contribution in [2.45, 2.75) is 90.4 Å². The van der Waals surface area contributed by atoms with E-state index >= 15 is 0 Å². The van der Waals surface area contributed by atoms with E-state index in [4.69, 9.17) is 0 Å². The number of carboxylic acids is 1. The molecule has 1 aromatic heterocycles. The topological polar surface area (TPSA) is 178 Å². The van der Waals surface area contributed by atoms with Gasteiger partial charge in [-0.25, -0.2) is 0 Å². The van der Waals surface area contributed by atoms with Gasteiger partial charge in [0.05, 0.1) is 18.4 Å². The fourth-order valence-corrected chi connectivity index (χ4v) is 6.17. The zero-order valence-corrected chi connectivity index (χ0v) is 25.7. The molecule has 12 heteroatoms. The van der Waals surface area contributed by atoms with Crippen LogP contribution in [0.5, 0.6) is 0 Å². The minimum Gasteiger partial charge on any atom is -0.481 e. The highest BCUT2D eigenvalue weighted by Gasteiger charge is 2.41. The molecule has 2 aliphatic rings. The van der Waals surface area contributed by atoms with Gasteiger partial charge in [-0.05, 0) is 42.7 Å². The number of aliphatic carboxylic acids is 1. The first-order valence-electron chi connectivity index (χ1n) is 15.4. The molecule has 2 aromatic rings. The number of aromatic nitrogens is 1. The fraction of sp³-hybridized carbons (Fsp3) is 0.562. The summed E-state index contributed by atoms with van der Waals surface area (Å²) in [5.74, 6) is -5.56. The quantitative estimate of drug-likeness (QED) is 0.318. The van der Waals surface area contributed by atoms with E-state index in [-0.39, 0.29) is 31.2 Å². The Morgan fingerprint density at radius 2 is 1.66 bits per heavy atom. The van der Waals surface area contributed by atoms with E-state index in [2.05, 4.69) is 20.9 Å². The highest BCUT2D eigenvalue weighted by atomic mass is 16.4. The van der Waals surface area contributed by atoms with Crippen molar-refractivity contribution in [1.82, 2.24) is 25.8 Å². The lowest BCUT2D eigenvalue weighted by molar-refractivity contribution is -0.148. The molecule has 3 heterocycles. The molecule has 4 rings (SSSR count). The molecule has 0 unspecified atom stereocenters. The Labute approximate surface area is 256 Å². The van der Waals surface area contributed by atoms with Gasteiger partial charge in [0.1, 0.15) is 18.1 Å². The van der Waals surface area contributed by atoms with Crippen LogP contribution in [0.4, 0.5) is 0 Å². The van der Waals surface area contributed by atoms with Crippen LogP contribution in [0.1, 0.15) is 65.4 Å². The summed E-state index contributed by atoms with van der Waals surface area (Å²) in [5, 5.41) is 18.9. The van der Waals surface area contributed by atoms with Gasteiger partial charge < -0.3 is 30.9 Å². The van der Waals surface area contributed by atoms with Crippen molar-refractivity contribution in [3.63, 3.8) is 0 Å². The molecule has 0 bridgehead atoms. The van der Waals surface area contributed by atoms with Gasteiger partial charge in [0, 0.05) is 36.5 Å². The van der Waals surface area contributed by atoms with Crippen molar-refractivity contribution in [3.8, 4) is 0 Å². The number of benzene rings is 1. The molecular formula is C32H43N5O7. The van der Waals surface area contributed by atoms with E-state index in [1.165, 1.54) is 4.90 Å². The Morgan fingerprint density at radius 1 is 0.955 bits per heavy atom. The van der Waals surface area contributed by atoms with Crippen LogP contribution in [0.15, 0.2) is 30.5 Å². The molecule has 2 fully saturated rings. The molecule has 4 amide bonds. The molecule has 238 valence electrons. The predicted molar refractivity (Wildman–Crippen MR) is 162 cm³/mol. The maximum Gasteiger partial charge on any atom is 0.304 e. The van der Waals surface area contributed by atoms with E-state index in [1.54, 1.807) is 20.0 Å². The van der Waals surface area contributed by atoms with Crippen molar-refractivity contribution >= 4 is 46.3 Å². The third-order valence-electron chi connectivity index (χ3n) is 8.45. The molecule has 5 atom stereocenters. The average molecular weight is 610 g/mol. The van der Waals surface area contributed by atoms with Crippen LogP contribution in [0.25, 0.3) is 10.9 Å². The maximum absolute atomic E-state index is 13.9. The summed E-state index contributed by atoms with van der Waals surface area (Å²) in [6, 6.07) is 3.53. The summed E-state index contributed by atoms with van der Waals surface area (Å²) >= 11 is 0. The molecule has 0 saturated carbocycles.